The lowest BCUT2D eigenvalue weighted by Crippen LogP contribution is -2.08. The second-order valence-corrected chi connectivity index (χ2v) is 4.81. The van der Waals surface area contributed by atoms with Crippen LogP contribution in [0.15, 0.2) is 36.4 Å². The van der Waals surface area contributed by atoms with Gasteiger partial charge in [0, 0.05) is 16.9 Å². The van der Waals surface area contributed by atoms with Crippen LogP contribution < -0.4 is 11.5 Å². The van der Waals surface area contributed by atoms with Crippen molar-refractivity contribution in [3.05, 3.63) is 52.4 Å². The molecule has 0 bridgehead atoms. The maximum atomic E-state index is 9.29. The molecule has 0 aliphatic heterocycles. The van der Waals surface area contributed by atoms with Gasteiger partial charge in [-0.15, -0.1) is 11.3 Å². The number of aliphatic hydroxyl groups is 1. The number of nitrogens with two attached hydrogens (primary N) is 2. The minimum absolute atomic E-state index is 0.598. The van der Waals surface area contributed by atoms with Crippen molar-refractivity contribution in [1.82, 2.24) is 0 Å². The Labute approximate surface area is 98.3 Å². The van der Waals surface area contributed by atoms with Gasteiger partial charge in [-0.25, -0.2) is 0 Å². The Morgan fingerprint density at radius 3 is 2.50 bits per heavy atom. The maximum Gasteiger partial charge on any atom is 0.131 e. The first-order chi connectivity index (χ1) is 7.66. The molecule has 0 aliphatic carbocycles. The summed E-state index contributed by atoms with van der Waals surface area (Å²) in [6.45, 7) is 0. The highest BCUT2D eigenvalue weighted by molar-refractivity contribution is 7.16. The van der Waals surface area contributed by atoms with Crippen LogP contribution in [-0.2, 0) is 6.42 Å². The Bertz CT molecular complexity index is 465. The summed E-state index contributed by atoms with van der Waals surface area (Å²) in [5.41, 5.74) is 13.0. The van der Waals surface area contributed by atoms with E-state index < -0.39 is 6.23 Å². The van der Waals surface area contributed by atoms with Crippen molar-refractivity contribution in [2.24, 2.45) is 5.73 Å². The molecule has 0 saturated heterocycles. The van der Waals surface area contributed by atoms with Gasteiger partial charge in [-0.2, -0.15) is 0 Å². The van der Waals surface area contributed by atoms with E-state index in [0.717, 1.165) is 11.3 Å². The van der Waals surface area contributed by atoms with Gasteiger partial charge in [-0.05, 0) is 11.6 Å². The van der Waals surface area contributed by atoms with Crippen LogP contribution in [0.1, 0.15) is 22.2 Å². The summed E-state index contributed by atoms with van der Waals surface area (Å²) in [6, 6.07) is 12.0. The maximum absolute atomic E-state index is 9.29. The summed E-state index contributed by atoms with van der Waals surface area (Å²) in [4.78, 5) is 1.11. The average Bonchev–Trinajstić information content (AvgIpc) is 2.61. The molecule has 1 atom stereocenters. The third kappa shape index (κ3) is 2.41. The molecule has 0 radical (unpaired) electrons. The molecule has 1 aromatic carbocycles. The molecule has 1 heterocycles. The lowest BCUT2D eigenvalue weighted by atomic mass is 10.1. The number of hydrogen-bond donors (Lipinski definition) is 3. The minimum Gasteiger partial charge on any atom is -0.390 e. The summed E-state index contributed by atoms with van der Waals surface area (Å²) >= 11 is 1.48. The van der Waals surface area contributed by atoms with E-state index in [4.69, 9.17) is 11.5 Å². The summed E-state index contributed by atoms with van der Waals surface area (Å²) < 4.78 is 0. The summed E-state index contributed by atoms with van der Waals surface area (Å²) in [5, 5.41) is 9.89. The van der Waals surface area contributed by atoms with Crippen molar-refractivity contribution in [3.8, 4) is 0 Å². The molecule has 16 heavy (non-hydrogen) atoms. The van der Waals surface area contributed by atoms with Crippen LogP contribution in [0.3, 0.4) is 0 Å². The molecule has 0 spiro atoms. The van der Waals surface area contributed by atoms with Gasteiger partial charge in [-0.1, -0.05) is 30.3 Å². The molecule has 2 aromatic rings. The topological polar surface area (TPSA) is 72.3 Å². The third-order valence-electron chi connectivity index (χ3n) is 2.38. The van der Waals surface area contributed by atoms with Gasteiger partial charge in [0.1, 0.15) is 6.23 Å². The van der Waals surface area contributed by atoms with Gasteiger partial charge in [0.2, 0.25) is 0 Å². The Morgan fingerprint density at radius 1 is 1.25 bits per heavy atom. The fourth-order valence-corrected chi connectivity index (χ4v) is 2.59. The lowest BCUT2D eigenvalue weighted by molar-refractivity contribution is 0.187. The van der Waals surface area contributed by atoms with Crippen molar-refractivity contribution >= 4 is 16.3 Å². The van der Waals surface area contributed by atoms with E-state index in [1.54, 1.807) is 0 Å². The standard InChI is InChI=1S/C12H14N2OS/c13-11(15)10-7-9(16-12(10)14)6-8-4-2-1-3-5-8/h1-5,7,11,15H,6,13-14H2. The van der Waals surface area contributed by atoms with E-state index in [2.05, 4.69) is 12.1 Å². The molecule has 84 valence electrons. The van der Waals surface area contributed by atoms with Crippen molar-refractivity contribution in [2.45, 2.75) is 12.6 Å². The van der Waals surface area contributed by atoms with Gasteiger partial charge in [0.05, 0.1) is 5.00 Å². The molecule has 0 fully saturated rings. The van der Waals surface area contributed by atoms with Gasteiger partial charge in [0.25, 0.3) is 0 Å². The van der Waals surface area contributed by atoms with Crippen molar-refractivity contribution < 1.29 is 5.11 Å². The number of thiophene rings is 1. The van der Waals surface area contributed by atoms with E-state index in [-0.39, 0.29) is 0 Å². The van der Waals surface area contributed by atoms with Crippen LogP contribution >= 0.6 is 11.3 Å². The molecular formula is C12H14N2OS. The fraction of sp³-hybridized carbons (Fsp3) is 0.167. The highest BCUT2D eigenvalue weighted by Gasteiger charge is 2.11. The Hall–Kier alpha value is -1.36. The van der Waals surface area contributed by atoms with E-state index in [1.807, 2.05) is 24.3 Å². The van der Waals surface area contributed by atoms with Crippen LogP contribution in [0.25, 0.3) is 0 Å². The van der Waals surface area contributed by atoms with E-state index in [1.165, 1.54) is 16.9 Å². The van der Waals surface area contributed by atoms with Gasteiger partial charge < -0.3 is 16.6 Å². The second kappa shape index (κ2) is 4.65. The first kappa shape index (κ1) is 11.1. The van der Waals surface area contributed by atoms with E-state index in [0.29, 0.717) is 10.6 Å². The monoisotopic (exact) mass is 234 g/mol. The average molecular weight is 234 g/mol. The zero-order valence-corrected chi connectivity index (χ0v) is 9.58. The van der Waals surface area contributed by atoms with Crippen LogP contribution in [0.2, 0.25) is 0 Å². The molecular weight excluding hydrogens is 220 g/mol. The SMILES string of the molecule is Nc1sc(Cc2ccccc2)cc1C(N)O. The first-order valence-corrected chi connectivity index (χ1v) is 5.84. The highest BCUT2D eigenvalue weighted by atomic mass is 32.1. The molecule has 5 N–H and O–H groups in total. The molecule has 0 aliphatic rings. The lowest BCUT2D eigenvalue weighted by Gasteiger charge is -2.00. The zero-order chi connectivity index (χ0) is 11.5. The number of hydrogen-bond acceptors (Lipinski definition) is 4. The minimum atomic E-state index is -0.985. The van der Waals surface area contributed by atoms with Crippen molar-refractivity contribution in [1.29, 1.82) is 0 Å². The molecule has 1 aromatic heterocycles. The summed E-state index contributed by atoms with van der Waals surface area (Å²) in [5.74, 6) is 0. The summed E-state index contributed by atoms with van der Waals surface area (Å²) in [7, 11) is 0. The first-order valence-electron chi connectivity index (χ1n) is 5.02. The van der Waals surface area contributed by atoms with Gasteiger partial charge >= 0.3 is 0 Å². The Morgan fingerprint density at radius 2 is 1.94 bits per heavy atom. The molecule has 1 unspecified atom stereocenters. The van der Waals surface area contributed by atoms with Crippen LogP contribution in [0, 0.1) is 0 Å². The van der Waals surface area contributed by atoms with Crippen LogP contribution in [-0.4, -0.2) is 5.11 Å². The van der Waals surface area contributed by atoms with Crippen molar-refractivity contribution in [2.75, 3.05) is 5.73 Å². The predicted octanol–water partition coefficient (Wildman–Crippen LogP) is 1.87. The van der Waals surface area contributed by atoms with E-state index in [9.17, 15) is 5.11 Å². The Balaban J connectivity index is 2.20. The third-order valence-corrected chi connectivity index (χ3v) is 3.36. The Kier molecular flexibility index (Phi) is 3.24. The molecule has 0 amide bonds. The predicted molar refractivity (Wildman–Crippen MR) is 67.1 cm³/mol. The largest absolute Gasteiger partial charge is 0.390 e. The zero-order valence-electron chi connectivity index (χ0n) is 8.76. The smallest absolute Gasteiger partial charge is 0.131 e. The number of nitrogen functional groups attached to an aromatic ring is 1. The van der Waals surface area contributed by atoms with Gasteiger partial charge in [-0.3, -0.25) is 0 Å². The number of rotatable bonds is 3. The number of benzene rings is 1. The molecule has 0 saturated carbocycles. The van der Waals surface area contributed by atoms with E-state index >= 15 is 0 Å². The van der Waals surface area contributed by atoms with Crippen LogP contribution in [0.5, 0.6) is 0 Å². The molecule has 4 heteroatoms. The molecule has 3 nitrogen and oxygen atoms in total. The normalized spacial score (nSPS) is 12.6. The number of anilines is 1. The second-order valence-electron chi connectivity index (χ2n) is 3.64. The fourth-order valence-electron chi connectivity index (χ4n) is 1.59. The quantitative estimate of drug-likeness (QED) is 0.710. The summed E-state index contributed by atoms with van der Waals surface area (Å²) in [6.07, 6.45) is -0.164. The van der Waals surface area contributed by atoms with Crippen molar-refractivity contribution in [3.63, 3.8) is 0 Å². The number of aliphatic hydroxyl groups excluding tert-OH is 1. The highest BCUT2D eigenvalue weighted by Crippen LogP contribution is 2.29. The van der Waals surface area contributed by atoms with Gasteiger partial charge in [0.15, 0.2) is 0 Å². The van der Waals surface area contributed by atoms with Crippen LogP contribution in [0.4, 0.5) is 5.00 Å². The molecule has 2 rings (SSSR count).